The fraction of sp³-hybridized carbons (Fsp3) is 0. The lowest BCUT2D eigenvalue weighted by atomic mass is 10.1. The van der Waals surface area contributed by atoms with Crippen LogP contribution in [-0.2, 0) is 0 Å². The number of nitrogens with zero attached hydrogens (tertiary/aromatic N) is 2. The van der Waals surface area contributed by atoms with Gasteiger partial charge < -0.3 is 5.11 Å². The Hall–Kier alpha value is -2.88. The van der Waals surface area contributed by atoms with E-state index < -0.39 is 0 Å². The van der Waals surface area contributed by atoms with Crippen molar-refractivity contribution in [3.05, 3.63) is 71.3 Å². The van der Waals surface area contributed by atoms with Crippen LogP contribution in [-0.4, -0.2) is 9.51 Å². The van der Waals surface area contributed by atoms with Gasteiger partial charge in [-0.15, -0.1) is 0 Å². The topological polar surface area (TPSA) is 45.8 Å². The Labute approximate surface area is 114 Å². The second kappa shape index (κ2) is 3.81. The molecule has 0 bridgehead atoms. The molecule has 0 aliphatic rings. The van der Waals surface area contributed by atoms with Gasteiger partial charge in [0.25, 0.3) is 0 Å². The first-order valence-corrected chi connectivity index (χ1v) is 6.33. The fourth-order valence-electron chi connectivity index (χ4n) is 2.66. The molecule has 0 spiro atoms. The van der Waals surface area contributed by atoms with E-state index in [-0.39, 0.29) is 11.4 Å². The molecule has 3 aromatic heterocycles. The third-order valence-electron chi connectivity index (χ3n) is 3.58. The van der Waals surface area contributed by atoms with E-state index in [4.69, 9.17) is 0 Å². The van der Waals surface area contributed by atoms with Crippen LogP contribution in [0.3, 0.4) is 0 Å². The molecule has 96 valence electrons. The Morgan fingerprint density at radius 2 is 1.80 bits per heavy atom. The Morgan fingerprint density at radius 1 is 1.00 bits per heavy atom. The van der Waals surface area contributed by atoms with E-state index in [0.29, 0.717) is 16.8 Å². The summed E-state index contributed by atoms with van der Waals surface area (Å²) < 4.78 is 3.20. The smallest absolute Gasteiger partial charge is 0.354 e. The van der Waals surface area contributed by atoms with Gasteiger partial charge in [-0.05, 0) is 23.8 Å². The summed E-state index contributed by atoms with van der Waals surface area (Å²) >= 11 is 0. The van der Waals surface area contributed by atoms with E-state index in [1.807, 2.05) is 48.5 Å². The molecule has 0 fully saturated rings. The number of benzene rings is 1. The second-order valence-electron chi connectivity index (χ2n) is 4.71. The number of hydrogen-bond acceptors (Lipinski definition) is 2. The maximum Gasteiger partial charge on any atom is 0.354 e. The standard InChI is InChI=1S/C16H10N2O2/c19-15-13(11-5-2-1-3-6-11)16(20)18-10-8-12-7-4-9-17(15)14(12)18/h1-10H/p+1. The Bertz CT molecular complexity index is 974. The van der Waals surface area contributed by atoms with Crippen molar-refractivity contribution in [2.45, 2.75) is 0 Å². The maximum absolute atomic E-state index is 12.6. The Morgan fingerprint density at radius 3 is 2.60 bits per heavy atom. The summed E-state index contributed by atoms with van der Waals surface area (Å²) in [5.74, 6) is -0.0296. The van der Waals surface area contributed by atoms with E-state index in [1.165, 1.54) is 0 Å². The molecule has 0 aliphatic heterocycles. The summed E-state index contributed by atoms with van der Waals surface area (Å²) in [6.07, 6.45) is 3.49. The predicted molar refractivity (Wildman–Crippen MR) is 75.1 cm³/mol. The quantitative estimate of drug-likeness (QED) is 0.533. The van der Waals surface area contributed by atoms with Crippen LogP contribution in [0.5, 0.6) is 5.88 Å². The zero-order valence-corrected chi connectivity index (χ0v) is 10.5. The van der Waals surface area contributed by atoms with Gasteiger partial charge >= 0.3 is 17.1 Å². The maximum atomic E-state index is 12.6. The van der Waals surface area contributed by atoms with Crippen LogP contribution in [0.15, 0.2) is 65.7 Å². The highest BCUT2D eigenvalue weighted by Crippen LogP contribution is 2.24. The fourth-order valence-corrected chi connectivity index (χ4v) is 2.66. The molecule has 4 aromatic rings. The van der Waals surface area contributed by atoms with Crippen molar-refractivity contribution >= 4 is 11.0 Å². The zero-order valence-electron chi connectivity index (χ0n) is 10.5. The van der Waals surface area contributed by atoms with Crippen molar-refractivity contribution in [1.29, 1.82) is 0 Å². The minimum atomic E-state index is -0.213. The van der Waals surface area contributed by atoms with Crippen molar-refractivity contribution in [3.63, 3.8) is 0 Å². The van der Waals surface area contributed by atoms with E-state index >= 15 is 0 Å². The lowest BCUT2D eigenvalue weighted by molar-refractivity contribution is -0.524. The van der Waals surface area contributed by atoms with Crippen LogP contribution < -0.4 is 9.96 Å². The first-order valence-electron chi connectivity index (χ1n) is 6.33. The number of pyridine rings is 1. The monoisotopic (exact) mass is 263 g/mol. The zero-order chi connectivity index (χ0) is 13.7. The number of hydrogen-bond donors (Lipinski definition) is 1. The average Bonchev–Trinajstić information content (AvgIpc) is 2.91. The molecule has 0 atom stereocenters. The third-order valence-corrected chi connectivity index (χ3v) is 3.58. The molecule has 1 N–H and O–H groups in total. The van der Waals surface area contributed by atoms with Gasteiger partial charge in [-0.2, -0.15) is 8.80 Å². The molecule has 20 heavy (non-hydrogen) atoms. The normalized spacial score (nSPS) is 11.4. The molecule has 0 aliphatic carbocycles. The van der Waals surface area contributed by atoms with Gasteiger partial charge in [0.1, 0.15) is 6.20 Å². The van der Waals surface area contributed by atoms with Crippen LogP contribution >= 0.6 is 0 Å². The van der Waals surface area contributed by atoms with Crippen molar-refractivity contribution in [3.8, 4) is 17.0 Å². The van der Waals surface area contributed by atoms with Gasteiger partial charge in [0.05, 0.1) is 11.6 Å². The predicted octanol–water partition coefficient (Wildman–Crippen LogP) is 1.85. The van der Waals surface area contributed by atoms with Gasteiger partial charge in [0.15, 0.2) is 5.56 Å². The molecule has 4 rings (SSSR count). The first-order chi connectivity index (χ1) is 9.77. The molecule has 1 aromatic carbocycles. The lowest BCUT2D eigenvalue weighted by Gasteiger charge is -2.03. The SMILES string of the molecule is O=c1c(-c2ccccc2)c(O)[n+]2cccc3ccn1c32. The van der Waals surface area contributed by atoms with Crippen LogP contribution in [0.4, 0.5) is 0 Å². The average molecular weight is 263 g/mol. The third kappa shape index (κ3) is 1.30. The molecule has 0 unspecified atom stereocenters. The van der Waals surface area contributed by atoms with E-state index in [9.17, 15) is 9.90 Å². The summed E-state index contributed by atoms with van der Waals surface area (Å²) in [4.78, 5) is 12.6. The number of aromatic nitrogens is 2. The van der Waals surface area contributed by atoms with Crippen molar-refractivity contribution < 1.29 is 9.51 Å². The van der Waals surface area contributed by atoms with E-state index in [2.05, 4.69) is 0 Å². The molecule has 4 nitrogen and oxygen atoms in total. The molecule has 3 heterocycles. The van der Waals surface area contributed by atoms with Crippen molar-refractivity contribution in [1.82, 2.24) is 4.40 Å². The summed E-state index contributed by atoms with van der Waals surface area (Å²) in [7, 11) is 0. The molecular weight excluding hydrogens is 252 g/mol. The summed E-state index contributed by atoms with van der Waals surface area (Å²) in [5, 5.41) is 11.4. The second-order valence-corrected chi connectivity index (χ2v) is 4.71. The van der Waals surface area contributed by atoms with Gasteiger partial charge in [-0.3, -0.25) is 0 Å². The minimum Gasteiger partial charge on any atom is -0.477 e. The first kappa shape index (κ1) is 11.0. The van der Waals surface area contributed by atoms with Crippen molar-refractivity contribution in [2.24, 2.45) is 0 Å². The Kier molecular flexibility index (Phi) is 2.09. The molecule has 0 radical (unpaired) electrons. The molecule has 4 heteroatoms. The van der Waals surface area contributed by atoms with Crippen LogP contribution in [0, 0.1) is 0 Å². The van der Waals surface area contributed by atoms with Gasteiger partial charge in [-0.25, -0.2) is 4.79 Å². The van der Waals surface area contributed by atoms with Crippen LogP contribution in [0.1, 0.15) is 0 Å². The highest BCUT2D eigenvalue weighted by Gasteiger charge is 2.24. The van der Waals surface area contributed by atoms with Crippen LogP contribution in [0.2, 0.25) is 0 Å². The van der Waals surface area contributed by atoms with E-state index in [1.54, 1.807) is 21.2 Å². The highest BCUT2D eigenvalue weighted by atomic mass is 16.3. The number of aromatic hydroxyl groups is 1. The molecule has 0 amide bonds. The molecule has 0 saturated carbocycles. The van der Waals surface area contributed by atoms with Gasteiger partial charge in [0, 0.05) is 0 Å². The lowest BCUT2D eigenvalue weighted by Crippen LogP contribution is -2.31. The summed E-state index contributed by atoms with van der Waals surface area (Å²) in [6, 6.07) is 14.8. The van der Waals surface area contributed by atoms with Gasteiger partial charge in [0.2, 0.25) is 0 Å². The molecule has 0 saturated heterocycles. The van der Waals surface area contributed by atoms with E-state index in [0.717, 1.165) is 5.39 Å². The minimum absolute atomic E-state index is 0.0296. The number of rotatable bonds is 1. The Balaban J connectivity index is 2.25. The van der Waals surface area contributed by atoms with Gasteiger partial charge in [-0.1, -0.05) is 30.3 Å². The van der Waals surface area contributed by atoms with Crippen molar-refractivity contribution in [2.75, 3.05) is 0 Å². The highest BCUT2D eigenvalue weighted by molar-refractivity contribution is 5.76. The summed E-state index contributed by atoms with van der Waals surface area (Å²) in [5.41, 5.74) is 1.50. The summed E-state index contributed by atoms with van der Waals surface area (Å²) in [6.45, 7) is 0. The van der Waals surface area contributed by atoms with Crippen LogP contribution in [0.25, 0.3) is 22.2 Å². The molecular formula is C16H11N2O2+. The largest absolute Gasteiger partial charge is 0.477 e.